The first-order valence-corrected chi connectivity index (χ1v) is 6.50. The van der Waals surface area contributed by atoms with Crippen LogP contribution < -0.4 is 5.32 Å². The first kappa shape index (κ1) is 11.8. The van der Waals surface area contributed by atoms with Gasteiger partial charge in [-0.25, -0.2) is 0 Å². The van der Waals surface area contributed by atoms with E-state index in [9.17, 15) is 0 Å². The number of H-pyrrole nitrogens is 1. The summed E-state index contributed by atoms with van der Waals surface area (Å²) >= 11 is 0. The van der Waals surface area contributed by atoms with Crippen molar-refractivity contribution in [1.29, 1.82) is 0 Å². The second-order valence-electron chi connectivity index (χ2n) is 4.86. The first-order chi connectivity index (χ1) is 9.25. The number of fused-ring (bicyclic) bond motifs is 1. The number of aromatic amines is 1. The van der Waals surface area contributed by atoms with E-state index in [0.29, 0.717) is 0 Å². The van der Waals surface area contributed by atoms with Gasteiger partial charge in [0.2, 0.25) is 0 Å². The Morgan fingerprint density at radius 3 is 2.79 bits per heavy atom. The van der Waals surface area contributed by atoms with E-state index in [-0.39, 0.29) is 6.04 Å². The fourth-order valence-electron chi connectivity index (χ4n) is 2.48. The first-order valence-electron chi connectivity index (χ1n) is 6.50. The molecule has 3 nitrogen and oxygen atoms in total. The molecule has 3 aromatic rings. The maximum absolute atomic E-state index is 4.09. The van der Waals surface area contributed by atoms with E-state index in [1.807, 2.05) is 18.3 Å². The Balaban J connectivity index is 1.93. The van der Waals surface area contributed by atoms with Crippen LogP contribution in [0.4, 0.5) is 5.69 Å². The Bertz CT molecular complexity index is 700. The highest BCUT2D eigenvalue weighted by Gasteiger charge is 2.09. The molecule has 96 valence electrons. The van der Waals surface area contributed by atoms with Gasteiger partial charge >= 0.3 is 0 Å². The lowest BCUT2D eigenvalue weighted by molar-refractivity contribution is 0.876. The van der Waals surface area contributed by atoms with Crippen LogP contribution in [0.5, 0.6) is 0 Å². The number of hydrogen-bond donors (Lipinski definition) is 2. The van der Waals surface area contributed by atoms with Gasteiger partial charge in [0.1, 0.15) is 0 Å². The van der Waals surface area contributed by atoms with Crippen LogP contribution in [-0.4, -0.2) is 10.2 Å². The van der Waals surface area contributed by atoms with Crippen molar-refractivity contribution < 1.29 is 0 Å². The zero-order valence-corrected chi connectivity index (χ0v) is 11.1. The SMILES string of the molecule is Cc1ccccc1C(C)Nc1cccc2[nH]ncc12. The zero-order chi connectivity index (χ0) is 13.2. The fourth-order valence-corrected chi connectivity index (χ4v) is 2.48. The number of aromatic nitrogens is 2. The largest absolute Gasteiger partial charge is 0.378 e. The number of nitrogens with zero attached hydrogens (tertiary/aromatic N) is 1. The summed E-state index contributed by atoms with van der Waals surface area (Å²) in [6.07, 6.45) is 1.86. The topological polar surface area (TPSA) is 40.7 Å². The molecule has 0 fully saturated rings. The molecule has 1 heterocycles. The predicted octanol–water partition coefficient (Wildman–Crippen LogP) is 4.04. The minimum Gasteiger partial charge on any atom is -0.378 e. The fraction of sp³-hybridized carbons (Fsp3) is 0.188. The number of nitrogens with one attached hydrogen (secondary N) is 2. The smallest absolute Gasteiger partial charge is 0.0671 e. The van der Waals surface area contributed by atoms with Gasteiger partial charge in [-0.1, -0.05) is 30.3 Å². The highest BCUT2D eigenvalue weighted by atomic mass is 15.1. The standard InChI is InChI=1S/C16H17N3/c1-11-6-3-4-7-13(11)12(2)18-15-8-5-9-16-14(15)10-17-19-16/h3-10,12,18H,1-2H3,(H,17,19). The lowest BCUT2D eigenvalue weighted by Gasteiger charge is -2.18. The Hall–Kier alpha value is -2.29. The summed E-state index contributed by atoms with van der Waals surface area (Å²) in [6, 6.07) is 14.9. The van der Waals surface area contributed by atoms with Gasteiger partial charge in [-0.3, -0.25) is 5.10 Å². The van der Waals surface area contributed by atoms with Gasteiger partial charge in [0.25, 0.3) is 0 Å². The molecule has 1 unspecified atom stereocenters. The van der Waals surface area contributed by atoms with Crippen LogP contribution in [0.3, 0.4) is 0 Å². The summed E-state index contributed by atoms with van der Waals surface area (Å²) in [5, 5.41) is 11.8. The highest BCUT2D eigenvalue weighted by molar-refractivity contribution is 5.90. The minimum atomic E-state index is 0.265. The summed E-state index contributed by atoms with van der Waals surface area (Å²) in [7, 11) is 0. The molecule has 2 N–H and O–H groups in total. The molecule has 2 aromatic carbocycles. The molecule has 1 atom stereocenters. The quantitative estimate of drug-likeness (QED) is 0.737. The maximum Gasteiger partial charge on any atom is 0.0671 e. The van der Waals surface area contributed by atoms with Crippen LogP contribution in [0.25, 0.3) is 10.9 Å². The molecule has 0 radical (unpaired) electrons. The Morgan fingerprint density at radius 2 is 1.95 bits per heavy atom. The van der Waals surface area contributed by atoms with Crippen molar-refractivity contribution in [2.45, 2.75) is 19.9 Å². The van der Waals surface area contributed by atoms with E-state index < -0.39 is 0 Å². The van der Waals surface area contributed by atoms with Gasteiger partial charge in [-0.2, -0.15) is 5.10 Å². The third-order valence-corrected chi connectivity index (χ3v) is 3.51. The van der Waals surface area contributed by atoms with Gasteiger partial charge in [0.05, 0.1) is 11.7 Å². The van der Waals surface area contributed by atoms with Gasteiger partial charge in [-0.15, -0.1) is 0 Å². The van der Waals surface area contributed by atoms with Gasteiger partial charge < -0.3 is 5.32 Å². The third kappa shape index (κ3) is 2.19. The van der Waals surface area contributed by atoms with E-state index in [2.05, 4.69) is 59.7 Å². The molecule has 0 aliphatic rings. The highest BCUT2D eigenvalue weighted by Crippen LogP contribution is 2.26. The Kier molecular flexibility index (Phi) is 2.95. The maximum atomic E-state index is 4.09. The summed E-state index contributed by atoms with van der Waals surface area (Å²) in [6.45, 7) is 4.33. The van der Waals surface area contributed by atoms with Crippen LogP contribution in [0.2, 0.25) is 0 Å². The Labute approximate surface area is 112 Å². The molecule has 0 spiro atoms. The molecule has 0 saturated carbocycles. The van der Waals surface area contributed by atoms with Crippen LogP contribution in [0.15, 0.2) is 48.7 Å². The molecular formula is C16H17N3. The second kappa shape index (κ2) is 4.76. The summed E-state index contributed by atoms with van der Waals surface area (Å²) in [5.74, 6) is 0. The summed E-state index contributed by atoms with van der Waals surface area (Å²) in [5.41, 5.74) is 4.80. The van der Waals surface area contributed by atoms with Gasteiger partial charge in [0, 0.05) is 17.1 Å². The number of aryl methyl sites for hydroxylation is 1. The van der Waals surface area contributed by atoms with E-state index in [0.717, 1.165) is 16.6 Å². The molecule has 0 bridgehead atoms. The van der Waals surface area contributed by atoms with Crippen molar-refractivity contribution in [2.75, 3.05) is 5.32 Å². The second-order valence-corrected chi connectivity index (χ2v) is 4.86. The number of anilines is 1. The molecule has 3 rings (SSSR count). The molecular weight excluding hydrogens is 234 g/mol. The molecule has 0 aliphatic carbocycles. The normalized spacial score (nSPS) is 12.5. The van der Waals surface area contributed by atoms with Crippen molar-refractivity contribution in [1.82, 2.24) is 10.2 Å². The average Bonchev–Trinajstić information content (AvgIpc) is 2.88. The lowest BCUT2D eigenvalue weighted by atomic mass is 10.0. The van der Waals surface area contributed by atoms with Crippen molar-refractivity contribution in [3.63, 3.8) is 0 Å². The van der Waals surface area contributed by atoms with E-state index >= 15 is 0 Å². The monoisotopic (exact) mass is 251 g/mol. The predicted molar refractivity (Wildman–Crippen MR) is 79.3 cm³/mol. The van der Waals surface area contributed by atoms with Gasteiger partial charge in [0.15, 0.2) is 0 Å². The molecule has 3 heteroatoms. The Morgan fingerprint density at radius 1 is 1.11 bits per heavy atom. The van der Waals surface area contributed by atoms with E-state index in [1.54, 1.807) is 0 Å². The van der Waals surface area contributed by atoms with Crippen LogP contribution in [0, 0.1) is 6.92 Å². The molecule has 0 saturated heterocycles. The molecule has 1 aromatic heterocycles. The number of rotatable bonds is 3. The van der Waals surface area contributed by atoms with Crippen LogP contribution in [0.1, 0.15) is 24.1 Å². The minimum absolute atomic E-state index is 0.265. The van der Waals surface area contributed by atoms with E-state index in [4.69, 9.17) is 0 Å². The average molecular weight is 251 g/mol. The van der Waals surface area contributed by atoms with Crippen molar-refractivity contribution in [2.24, 2.45) is 0 Å². The van der Waals surface area contributed by atoms with Crippen molar-refractivity contribution in [3.8, 4) is 0 Å². The van der Waals surface area contributed by atoms with E-state index in [1.165, 1.54) is 11.1 Å². The van der Waals surface area contributed by atoms with Crippen LogP contribution in [-0.2, 0) is 0 Å². The summed E-state index contributed by atoms with van der Waals surface area (Å²) in [4.78, 5) is 0. The molecule has 0 aliphatic heterocycles. The summed E-state index contributed by atoms with van der Waals surface area (Å²) < 4.78 is 0. The van der Waals surface area contributed by atoms with Crippen LogP contribution >= 0.6 is 0 Å². The lowest BCUT2D eigenvalue weighted by Crippen LogP contribution is -2.08. The third-order valence-electron chi connectivity index (χ3n) is 3.51. The zero-order valence-electron chi connectivity index (χ0n) is 11.1. The number of benzene rings is 2. The molecule has 19 heavy (non-hydrogen) atoms. The van der Waals surface area contributed by atoms with Crippen molar-refractivity contribution in [3.05, 3.63) is 59.8 Å². The molecule has 0 amide bonds. The number of hydrogen-bond acceptors (Lipinski definition) is 2. The van der Waals surface area contributed by atoms with Gasteiger partial charge in [-0.05, 0) is 37.1 Å². The van der Waals surface area contributed by atoms with Crippen molar-refractivity contribution >= 4 is 16.6 Å².